The smallest absolute Gasteiger partial charge is 0.373 e. The third-order valence-electron chi connectivity index (χ3n) is 2.90. The van der Waals surface area contributed by atoms with Gasteiger partial charge in [0.15, 0.2) is 0 Å². The molecule has 0 bridgehead atoms. The molecule has 1 fully saturated rings. The van der Waals surface area contributed by atoms with Crippen LogP contribution in [0.1, 0.15) is 25.7 Å². The van der Waals surface area contributed by atoms with Gasteiger partial charge in [-0.2, -0.15) is 0 Å². The molecule has 0 saturated heterocycles. The second-order valence-corrected chi connectivity index (χ2v) is 4.14. The lowest BCUT2D eigenvalue weighted by molar-refractivity contribution is -0.143. The molecule has 0 aromatic carbocycles. The van der Waals surface area contributed by atoms with Gasteiger partial charge in [-0.05, 0) is 45.0 Å². The van der Waals surface area contributed by atoms with Crippen LogP contribution >= 0.6 is 0 Å². The third kappa shape index (κ3) is 3.68. The number of carboxylic acid groups (broad SMARTS) is 1. The SMILES string of the molecule is CB(O)NCC1CCC(C(=O)O)CC1. The molecule has 1 aliphatic rings. The van der Waals surface area contributed by atoms with Crippen LogP contribution < -0.4 is 5.23 Å². The zero-order chi connectivity index (χ0) is 10.6. The van der Waals surface area contributed by atoms with Gasteiger partial charge in [0, 0.05) is 0 Å². The van der Waals surface area contributed by atoms with Crippen molar-refractivity contribution in [1.29, 1.82) is 0 Å². The lowest BCUT2D eigenvalue weighted by Crippen LogP contribution is -2.36. The van der Waals surface area contributed by atoms with E-state index < -0.39 is 13.0 Å². The first-order valence-corrected chi connectivity index (χ1v) is 5.24. The first kappa shape index (κ1) is 11.5. The van der Waals surface area contributed by atoms with Gasteiger partial charge in [0.05, 0.1) is 5.92 Å². The van der Waals surface area contributed by atoms with Crippen molar-refractivity contribution in [3.63, 3.8) is 0 Å². The molecule has 4 nitrogen and oxygen atoms in total. The lowest BCUT2D eigenvalue weighted by atomic mass is 9.80. The van der Waals surface area contributed by atoms with Crippen molar-refractivity contribution >= 4 is 13.0 Å². The van der Waals surface area contributed by atoms with E-state index in [1.807, 2.05) is 0 Å². The van der Waals surface area contributed by atoms with Crippen LogP contribution in [0.4, 0.5) is 0 Å². The summed E-state index contributed by atoms with van der Waals surface area (Å²) < 4.78 is 0. The summed E-state index contributed by atoms with van der Waals surface area (Å²) in [5, 5.41) is 20.8. The fraction of sp³-hybridized carbons (Fsp3) is 0.889. The first-order valence-electron chi connectivity index (χ1n) is 5.24. The van der Waals surface area contributed by atoms with Crippen LogP contribution in [0.25, 0.3) is 0 Å². The predicted molar refractivity (Wildman–Crippen MR) is 54.9 cm³/mol. The number of carboxylic acids is 1. The molecule has 0 unspecified atom stereocenters. The largest absolute Gasteiger partial charge is 0.481 e. The van der Waals surface area contributed by atoms with E-state index in [9.17, 15) is 4.79 Å². The van der Waals surface area contributed by atoms with Crippen LogP contribution in [0.3, 0.4) is 0 Å². The molecule has 1 saturated carbocycles. The molecular formula is C9H18BNO3. The normalized spacial score (nSPS) is 27.3. The average Bonchev–Trinajstić information content (AvgIpc) is 2.15. The maximum atomic E-state index is 10.7. The van der Waals surface area contributed by atoms with Gasteiger partial charge in [-0.15, -0.1) is 0 Å². The van der Waals surface area contributed by atoms with Crippen molar-refractivity contribution in [2.45, 2.75) is 32.5 Å². The minimum absolute atomic E-state index is 0.141. The van der Waals surface area contributed by atoms with Gasteiger partial charge in [-0.3, -0.25) is 4.79 Å². The topological polar surface area (TPSA) is 69.6 Å². The highest BCUT2D eigenvalue weighted by Crippen LogP contribution is 2.28. The Hall–Kier alpha value is -0.545. The van der Waals surface area contributed by atoms with Crippen LogP contribution in [0.2, 0.25) is 6.82 Å². The highest BCUT2D eigenvalue weighted by atomic mass is 16.4. The quantitative estimate of drug-likeness (QED) is 0.579. The van der Waals surface area contributed by atoms with Crippen molar-refractivity contribution in [3.05, 3.63) is 0 Å². The van der Waals surface area contributed by atoms with E-state index in [1.165, 1.54) is 0 Å². The fourth-order valence-corrected chi connectivity index (χ4v) is 1.95. The summed E-state index contributed by atoms with van der Waals surface area (Å²) in [5.41, 5.74) is 0. The van der Waals surface area contributed by atoms with E-state index in [-0.39, 0.29) is 5.92 Å². The standard InChI is InChI=1S/C9H18BNO3/c1-10(14)11-6-7-2-4-8(5-3-7)9(12)13/h7-8,11,14H,2-6H2,1H3,(H,12,13). The first-order chi connectivity index (χ1) is 6.59. The third-order valence-corrected chi connectivity index (χ3v) is 2.90. The van der Waals surface area contributed by atoms with Gasteiger partial charge in [0.2, 0.25) is 0 Å². The van der Waals surface area contributed by atoms with Crippen LogP contribution in [-0.2, 0) is 4.79 Å². The van der Waals surface area contributed by atoms with E-state index in [0.717, 1.165) is 32.2 Å². The molecule has 1 aliphatic carbocycles. The highest BCUT2D eigenvalue weighted by Gasteiger charge is 2.25. The van der Waals surface area contributed by atoms with Crippen LogP contribution in [0, 0.1) is 11.8 Å². The molecule has 80 valence electrons. The number of hydrogen-bond acceptors (Lipinski definition) is 3. The number of rotatable bonds is 4. The summed E-state index contributed by atoms with van der Waals surface area (Å²) in [4.78, 5) is 10.7. The number of aliphatic carboxylic acids is 1. The van der Waals surface area contributed by atoms with Gasteiger partial charge in [0.25, 0.3) is 0 Å². The minimum atomic E-state index is -0.660. The number of nitrogens with one attached hydrogen (secondary N) is 1. The van der Waals surface area contributed by atoms with Gasteiger partial charge < -0.3 is 15.4 Å². The number of carbonyl (C=O) groups is 1. The van der Waals surface area contributed by atoms with Gasteiger partial charge in [0.1, 0.15) is 0 Å². The van der Waals surface area contributed by atoms with Crippen molar-refractivity contribution in [2.24, 2.45) is 11.8 Å². The fourth-order valence-electron chi connectivity index (χ4n) is 1.95. The summed E-state index contributed by atoms with van der Waals surface area (Å²) in [6.07, 6.45) is 3.47. The molecule has 5 heteroatoms. The summed E-state index contributed by atoms with van der Waals surface area (Å²) in [6.45, 7) is 2.49. The van der Waals surface area contributed by atoms with Crippen molar-refractivity contribution < 1.29 is 14.9 Å². The molecule has 1 rings (SSSR count). The maximum absolute atomic E-state index is 10.7. The molecule has 0 amide bonds. The molecule has 0 aliphatic heterocycles. The Labute approximate surface area is 84.8 Å². The summed E-state index contributed by atoms with van der Waals surface area (Å²) in [6, 6.07) is 0. The predicted octanol–water partition coefficient (Wildman–Crippen LogP) is 0.577. The van der Waals surface area contributed by atoms with Crippen molar-refractivity contribution in [2.75, 3.05) is 6.54 Å². The Bertz CT molecular complexity index is 190. The summed E-state index contributed by atoms with van der Waals surface area (Å²) in [7, 11) is -0.466. The van der Waals surface area contributed by atoms with Crippen molar-refractivity contribution in [3.8, 4) is 0 Å². The van der Waals surface area contributed by atoms with E-state index in [1.54, 1.807) is 6.82 Å². The zero-order valence-corrected chi connectivity index (χ0v) is 8.57. The molecule has 3 N–H and O–H groups in total. The van der Waals surface area contributed by atoms with Crippen LogP contribution in [0.5, 0.6) is 0 Å². The van der Waals surface area contributed by atoms with E-state index >= 15 is 0 Å². The van der Waals surface area contributed by atoms with Gasteiger partial charge in [-0.25, -0.2) is 0 Å². The molecule has 0 aromatic heterocycles. The van der Waals surface area contributed by atoms with Crippen LogP contribution in [-0.4, -0.2) is 29.7 Å². The molecule has 0 atom stereocenters. The Morgan fingerprint density at radius 3 is 2.43 bits per heavy atom. The molecule has 0 heterocycles. The molecule has 0 aromatic rings. The lowest BCUT2D eigenvalue weighted by Gasteiger charge is -2.26. The number of hydrogen-bond donors (Lipinski definition) is 3. The monoisotopic (exact) mass is 199 g/mol. The van der Waals surface area contributed by atoms with E-state index in [4.69, 9.17) is 10.1 Å². The Morgan fingerprint density at radius 2 is 2.00 bits per heavy atom. The van der Waals surface area contributed by atoms with Crippen LogP contribution in [0.15, 0.2) is 0 Å². The summed E-state index contributed by atoms with van der Waals surface area (Å²) in [5.74, 6) is -0.273. The molecule has 0 radical (unpaired) electrons. The average molecular weight is 199 g/mol. The Kier molecular flexibility index (Phi) is 4.42. The summed E-state index contributed by atoms with van der Waals surface area (Å²) >= 11 is 0. The second kappa shape index (κ2) is 5.36. The second-order valence-electron chi connectivity index (χ2n) is 4.14. The molecule has 0 spiro atoms. The molecule has 14 heavy (non-hydrogen) atoms. The maximum Gasteiger partial charge on any atom is 0.373 e. The van der Waals surface area contributed by atoms with Gasteiger partial charge >= 0.3 is 13.0 Å². The van der Waals surface area contributed by atoms with Crippen molar-refractivity contribution in [1.82, 2.24) is 5.23 Å². The Balaban J connectivity index is 2.19. The van der Waals surface area contributed by atoms with E-state index in [2.05, 4.69) is 5.23 Å². The Morgan fingerprint density at radius 1 is 1.43 bits per heavy atom. The minimum Gasteiger partial charge on any atom is -0.481 e. The van der Waals surface area contributed by atoms with Gasteiger partial charge in [-0.1, -0.05) is 0 Å². The van der Waals surface area contributed by atoms with E-state index in [0.29, 0.717) is 5.92 Å². The molecular weight excluding hydrogens is 181 g/mol. The highest BCUT2D eigenvalue weighted by molar-refractivity contribution is 6.45. The zero-order valence-electron chi connectivity index (χ0n) is 8.57.